The molecule has 0 aromatic carbocycles. The number of ether oxygens (including phenoxy) is 1. The molecule has 1 amide bonds. The summed E-state index contributed by atoms with van der Waals surface area (Å²) in [4.78, 5) is 24.0. The molecular formula is C24H42N6O2. The smallest absolute Gasteiger partial charge is 0.408 e. The summed E-state index contributed by atoms with van der Waals surface area (Å²) in [6.07, 6.45) is 5.03. The van der Waals surface area contributed by atoms with E-state index in [0.717, 1.165) is 57.1 Å². The fourth-order valence-electron chi connectivity index (χ4n) is 3.75. The van der Waals surface area contributed by atoms with E-state index < -0.39 is 17.2 Å². The van der Waals surface area contributed by atoms with E-state index in [1.807, 2.05) is 39.1 Å². The second-order valence-electron chi connectivity index (χ2n) is 9.40. The zero-order valence-corrected chi connectivity index (χ0v) is 20.7. The molecule has 1 fully saturated rings. The highest BCUT2D eigenvalue weighted by atomic mass is 16.6. The van der Waals surface area contributed by atoms with Gasteiger partial charge >= 0.3 is 6.09 Å². The minimum absolute atomic E-state index is 0.351. The lowest BCUT2D eigenvalue weighted by molar-refractivity contribution is 0.0452. The molecule has 0 radical (unpaired) electrons. The van der Waals surface area contributed by atoms with Gasteiger partial charge in [-0.05, 0) is 65.5 Å². The maximum atomic E-state index is 12.4. The number of nitrogens with one attached hydrogen (secondary N) is 3. The number of guanidine groups is 1. The summed E-state index contributed by atoms with van der Waals surface area (Å²) in [5.74, 6) is 1.83. The summed E-state index contributed by atoms with van der Waals surface area (Å²) in [7, 11) is 0. The minimum atomic E-state index is -0.527. The van der Waals surface area contributed by atoms with Crippen molar-refractivity contribution in [2.75, 3.05) is 31.1 Å². The van der Waals surface area contributed by atoms with Crippen molar-refractivity contribution in [3.63, 3.8) is 0 Å². The fourth-order valence-corrected chi connectivity index (χ4v) is 3.75. The van der Waals surface area contributed by atoms with Crippen molar-refractivity contribution in [2.45, 2.75) is 84.4 Å². The van der Waals surface area contributed by atoms with Crippen LogP contribution in [0.15, 0.2) is 29.4 Å². The predicted molar refractivity (Wildman–Crippen MR) is 131 cm³/mol. The van der Waals surface area contributed by atoms with Crippen LogP contribution in [-0.4, -0.2) is 60.4 Å². The van der Waals surface area contributed by atoms with Crippen molar-refractivity contribution in [1.82, 2.24) is 20.9 Å². The Morgan fingerprint density at radius 3 is 2.41 bits per heavy atom. The number of carbonyl (C=O) groups is 1. The number of pyridine rings is 1. The predicted octanol–water partition coefficient (Wildman–Crippen LogP) is 3.69. The maximum Gasteiger partial charge on any atom is 0.408 e. The Morgan fingerprint density at radius 1 is 1.19 bits per heavy atom. The molecule has 1 aliphatic heterocycles. The van der Waals surface area contributed by atoms with Crippen molar-refractivity contribution < 1.29 is 9.53 Å². The van der Waals surface area contributed by atoms with E-state index >= 15 is 0 Å². The lowest BCUT2D eigenvalue weighted by Crippen LogP contribution is -2.53. The standard InChI is InChI=1S/C24H42N6O2/c1-7-24(8-2,29-22(31)32-23(4,5)6)18-27-21(25-9-3)28-19-13-16-30(17-14-19)20-12-10-11-15-26-20/h10-12,15,19H,7-9,13-14,16-18H2,1-6H3,(H,29,31)(H2,25,27,28). The quantitative estimate of drug-likeness (QED) is 0.417. The van der Waals surface area contributed by atoms with Crippen LogP contribution in [0.1, 0.15) is 67.2 Å². The van der Waals surface area contributed by atoms with E-state index in [2.05, 4.69) is 52.7 Å². The molecule has 180 valence electrons. The van der Waals surface area contributed by atoms with Gasteiger partial charge in [-0.2, -0.15) is 0 Å². The Kier molecular flexibility index (Phi) is 9.60. The monoisotopic (exact) mass is 446 g/mol. The Balaban J connectivity index is 1.97. The van der Waals surface area contributed by atoms with Gasteiger partial charge in [0.1, 0.15) is 11.4 Å². The Bertz CT molecular complexity index is 720. The van der Waals surface area contributed by atoms with Gasteiger partial charge in [0.2, 0.25) is 0 Å². The van der Waals surface area contributed by atoms with E-state index in [0.29, 0.717) is 12.6 Å². The number of amides is 1. The number of hydrogen-bond acceptors (Lipinski definition) is 5. The molecule has 0 atom stereocenters. The summed E-state index contributed by atoms with van der Waals surface area (Å²) in [6.45, 7) is 15.0. The van der Waals surface area contributed by atoms with E-state index in [1.54, 1.807) is 0 Å². The number of alkyl carbamates (subject to hydrolysis) is 1. The average Bonchev–Trinajstić information content (AvgIpc) is 2.76. The summed E-state index contributed by atoms with van der Waals surface area (Å²) < 4.78 is 5.48. The van der Waals surface area contributed by atoms with E-state index in [1.165, 1.54) is 0 Å². The van der Waals surface area contributed by atoms with Crippen LogP contribution in [0.5, 0.6) is 0 Å². The molecule has 1 aromatic rings. The molecule has 0 bridgehead atoms. The summed E-state index contributed by atoms with van der Waals surface area (Å²) >= 11 is 0. The Hall–Kier alpha value is -2.51. The summed E-state index contributed by atoms with van der Waals surface area (Å²) in [5, 5.41) is 10.0. The van der Waals surface area contributed by atoms with Crippen LogP contribution in [0.2, 0.25) is 0 Å². The first-order valence-corrected chi connectivity index (χ1v) is 11.9. The zero-order chi connectivity index (χ0) is 23.6. The second kappa shape index (κ2) is 11.9. The largest absolute Gasteiger partial charge is 0.444 e. The third kappa shape index (κ3) is 8.20. The van der Waals surface area contributed by atoms with Crippen LogP contribution in [-0.2, 0) is 4.74 Å². The zero-order valence-electron chi connectivity index (χ0n) is 20.7. The van der Waals surface area contributed by atoms with Gasteiger partial charge in [0.15, 0.2) is 5.96 Å². The summed E-state index contributed by atoms with van der Waals surface area (Å²) in [5.41, 5.74) is -0.964. The first kappa shape index (κ1) is 25.7. The molecular weight excluding hydrogens is 404 g/mol. The highest BCUT2D eigenvalue weighted by Crippen LogP contribution is 2.19. The normalized spacial score (nSPS) is 15.9. The van der Waals surface area contributed by atoms with Crippen molar-refractivity contribution in [2.24, 2.45) is 4.99 Å². The number of aliphatic imine (C=N–C) groups is 1. The number of carbonyl (C=O) groups excluding carboxylic acids is 1. The van der Waals surface area contributed by atoms with Gasteiger partial charge in [-0.1, -0.05) is 19.9 Å². The van der Waals surface area contributed by atoms with Gasteiger partial charge < -0.3 is 25.6 Å². The number of anilines is 1. The van der Waals surface area contributed by atoms with Gasteiger partial charge in [-0.15, -0.1) is 0 Å². The van der Waals surface area contributed by atoms with Crippen molar-refractivity contribution in [3.8, 4) is 0 Å². The lowest BCUT2D eigenvalue weighted by Gasteiger charge is -2.35. The number of piperidine rings is 1. The molecule has 2 heterocycles. The molecule has 3 N–H and O–H groups in total. The molecule has 0 saturated carbocycles. The fraction of sp³-hybridized carbons (Fsp3) is 0.708. The molecule has 8 nitrogen and oxygen atoms in total. The molecule has 32 heavy (non-hydrogen) atoms. The number of rotatable bonds is 8. The number of aromatic nitrogens is 1. The molecule has 2 rings (SSSR count). The first-order chi connectivity index (χ1) is 15.2. The first-order valence-electron chi connectivity index (χ1n) is 11.9. The van der Waals surface area contributed by atoms with Crippen molar-refractivity contribution >= 4 is 17.9 Å². The number of nitrogens with zero attached hydrogens (tertiary/aromatic N) is 3. The minimum Gasteiger partial charge on any atom is -0.444 e. The molecule has 0 aliphatic carbocycles. The highest BCUT2D eigenvalue weighted by molar-refractivity contribution is 5.80. The van der Waals surface area contributed by atoms with Crippen LogP contribution in [0.25, 0.3) is 0 Å². The molecule has 0 spiro atoms. The molecule has 8 heteroatoms. The van der Waals surface area contributed by atoms with Crippen molar-refractivity contribution in [3.05, 3.63) is 24.4 Å². The van der Waals surface area contributed by atoms with Crippen LogP contribution in [0, 0.1) is 0 Å². The number of hydrogen-bond donors (Lipinski definition) is 3. The van der Waals surface area contributed by atoms with Gasteiger partial charge in [-0.3, -0.25) is 4.99 Å². The summed E-state index contributed by atoms with van der Waals surface area (Å²) in [6, 6.07) is 6.39. The van der Waals surface area contributed by atoms with Gasteiger partial charge in [-0.25, -0.2) is 9.78 Å². The van der Waals surface area contributed by atoms with Crippen LogP contribution < -0.4 is 20.9 Å². The van der Waals surface area contributed by atoms with Gasteiger partial charge in [0.25, 0.3) is 0 Å². The molecule has 0 unspecified atom stereocenters. The molecule has 1 aromatic heterocycles. The average molecular weight is 447 g/mol. The van der Waals surface area contributed by atoms with Crippen molar-refractivity contribution in [1.29, 1.82) is 0 Å². The SMILES string of the molecule is CCNC(=NCC(CC)(CC)NC(=O)OC(C)(C)C)NC1CCN(c2ccccn2)CC1. The Morgan fingerprint density at radius 2 is 1.88 bits per heavy atom. The topological polar surface area (TPSA) is 90.9 Å². The third-order valence-corrected chi connectivity index (χ3v) is 5.81. The Labute approximate surface area is 193 Å². The maximum absolute atomic E-state index is 12.4. The van der Waals surface area contributed by atoms with Crippen LogP contribution in [0.3, 0.4) is 0 Å². The van der Waals surface area contributed by atoms with E-state index in [-0.39, 0.29) is 0 Å². The second-order valence-corrected chi connectivity index (χ2v) is 9.40. The molecule has 1 aliphatic rings. The van der Waals surface area contributed by atoms with E-state index in [4.69, 9.17) is 9.73 Å². The van der Waals surface area contributed by atoms with Crippen LogP contribution in [0.4, 0.5) is 10.6 Å². The highest BCUT2D eigenvalue weighted by Gasteiger charge is 2.31. The molecule has 1 saturated heterocycles. The van der Waals surface area contributed by atoms with Gasteiger partial charge in [0.05, 0.1) is 12.1 Å². The lowest BCUT2D eigenvalue weighted by atomic mass is 9.93. The van der Waals surface area contributed by atoms with E-state index in [9.17, 15) is 4.79 Å². The van der Waals surface area contributed by atoms with Gasteiger partial charge in [0, 0.05) is 31.9 Å². The van der Waals surface area contributed by atoms with Crippen LogP contribution >= 0.6 is 0 Å². The third-order valence-electron chi connectivity index (χ3n) is 5.81.